The average Bonchev–Trinajstić information content (AvgIpc) is 3.07. The van der Waals surface area contributed by atoms with Crippen molar-refractivity contribution in [2.45, 2.75) is 18.6 Å². The summed E-state index contributed by atoms with van der Waals surface area (Å²) in [6.45, 7) is 0.553. The standard InChI is InChI=1S/C13H15N3O3.ClH/c1-18-11-5-3-2-4-9(11)12-15-13(19-16-12)10-6-8(17)7-14-10;/h2-5,8,10,14,17H,6-7H2,1H3;1H/t8-,10+;/m0./s1. The summed E-state index contributed by atoms with van der Waals surface area (Å²) in [4.78, 5) is 4.37. The van der Waals surface area contributed by atoms with Crippen molar-refractivity contribution in [3.63, 3.8) is 0 Å². The molecule has 2 atom stereocenters. The minimum absolute atomic E-state index is 0. The van der Waals surface area contributed by atoms with Gasteiger partial charge in [-0.3, -0.25) is 0 Å². The second kappa shape index (κ2) is 6.21. The molecule has 1 saturated heterocycles. The zero-order valence-electron chi connectivity index (χ0n) is 10.9. The predicted octanol–water partition coefficient (Wildman–Crippen LogP) is 1.56. The highest BCUT2D eigenvalue weighted by atomic mass is 35.5. The van der Waals surface area contributed by atoms with Crippen LogP contribution < -0.4 is 10.1 Å². The topological polar surface area (TPSA) is 80.4 Å². The van der Waals surface area contributed by atoms with E-state index < -0.39 is 0 Å². The number of hydrogen-bond acceptors (Lipinski definition) is 6. The van der Waals surface area contributed by atoms with E-state index >= 15 is 0 Å². The first kappa shape index (κ1) is 14.8. The van der Waals surface area contributed by atoms with Gasteiger partial charge < -0.3 is 19.7 Å². The summed E-state index contributed by atoms with van der Waals surface area (Å²) in [7, 11) is 1.61. The molecule has 0 saturated carbocycles. The Morgan fingerprint density at radius 3 is 2.90 bits per heavy atom. The van der Waals surface area contributed by atoms with E-state index in [-0.39, 0.29) is 24.6 Å². The van der Waals surface area contributed by atoms with Crippen LogP contribution in [0.3, 0.4) is 0 Å². The molecule has 3 rings (SSSR count). The van der Waals surface area contributed by atoms with Crippen molar-refractivity contribution in [2.75, 3.05) is 13.7 Å². The van der Waals surface area contributed by atoms with Crippen LogP contribution in [0.5, 0.6) is 5.75 Å². The molecule has 6 nitrogen and oxygen atoms in total. The van der Waals surface area contributed by atoms with Crippen LogP contribution in [0.15, 0.2) is 28.8 Å². The number of ether oxygens (including phenoxy) is 1. The van der Waals surface area contributed by atoms with Crippen LogP contribution in [-0.4, -0.2) is 35.0 Å². The van der Waals surface area contributed by atoms with E-state index in [4.69, 9.17) is 9.26 Å². The third kappa shape index (κ3) is 2.77. The number of benzene rings is 1. The van der Waals surface area contributed by atoms with Gasteiger partial charge in [-0.25, -0.2) is 0 Å². The predicted molar refractivity (Wildman–Crippen MR) is 74.9 cm³/mol. The summed E-state index contributed by atoms with van der Waals surface area (Å²) in [5, 5.41) is 16.6. The van der Waals surface area contributed by atoms with Crippen molar-refractivity contribution in [2.24, 2.45) is 0 Å². The minimum Gasteiger partial charge on any atom is -0.496 e. The van der Waals surface area contributed by atoms with E-state index in [0.717, 1.165) is 5.56 Å². The number of aliphatic hydroxyl groups excluding tert-OH is 1. The molecule has 0 radical (unpaired) electrons. The second-order valence-corrected chi connectivity index (χ2v) is 4.51. The quantitative estimate of drug-likeness (QED) is 0.895. The minimum atomic E-state index is -0.355. The van der Waals surface area contributed by atoms with Crippen LogP contribution in [0.2, 0.25) is 0 Å². The van der Waals surface area contributed by atoms with Gasteiger partial charge in [0.2, 0.25) is 11.7 Å². The lowest BCUT2D eigenvalue weighted by Crippen LogP contribution is -2.15. The van der Waals surface area contributed by atoms with E-state index in [9.17, 15) is 5.11 Å². The molecule has 1 aromatic carbocycles. The van der Waals surface area contributed by atoms with E-state index in [1.54, 1.807) is 7.11 Å². The number of aromatic nitrogens is 2. The Hall–Kier alpha value is -1.63. The van der Waals surface area contributed by atoms with Crippen LogP contribution >= 0.6 is 12.4 Å². The van der Waals surface area contributed by atoms with Crippen LogP contribution in [0, 0.1) is 0 Å². The van der Waals surface area contributed by atoms with Gasteiger partial charge in [-0.1, -0.05) is 17.3 Å². The first-order valence-electron chi connectivity index (χ1n) is 6.16. The monoisotopic (exact) mass is 297 g/mol. The van der Waals surface area contributed by atoms with Gasteiger partial charge in [0.15, 0.2) is 0 Å². The number of rotatable bonds is 3. The SMILES string of the molecule is COc1ccccc1-c1noc([C@H]2C[C@H](O)CN2)n1.Cl. The molecule has 1 aliphatic heterocycles. The molecule has 20 heavy (non-hydrogen) atoms. The van der Waals surface area contributed by atoms with Gasteiger partial charge in [-0.2, -0.15) is 4.98 Å². The van der Waals surface area contributed by atoms with E-state index in [2.05, 4.69) is 15.5 Å². The highest BCUT2D eigenvalue weighted by Crippen LogP contribution is 2.29. The number of methoxy groups -OCH3 is 1. The number of nitrogens with zero attached hydrogens (tertiary/aromatic N) is 2. The maximum atomic E-state index is 9.49. The maximum Gasteiger partial charge on any atom is 0.244 e. The summed E-state index contributed by atoms with van der Waals surface area (Å²) in [6, 6.07) is 7.43. The van der Waals surface area contributed by atoms with E-state index in [0.29, 0.717) is 30.4 Å². The average molecular weight is 298 g/mol. The van der Waals surface area contributed by atoms with Crippen LogP contribution in [0.25, 0.3) is 11.4 Å². The zero-order valence-corrected chi connectivity index (χ0v) is 11.8. The normalized spacial score (nSPS) is 21.5. The van der Waals surface area contributed by atoms with Crippen LogP contribution in [-0.2, 0) is 0 Å². The summed E-state index contributed by atoms with van der Waals surface area (Å²) >= 11 is 0. The fraction of sp³-hybridized carbons (Fsp3) is 0.385. The molecule has 2 heterocycles. The number of aliphatic hydroxyl groups is 1. The lowest BCUT2D eigenvalue weighted by atomic mass is 10.2. The van der Waals surface area contributed by atoms with Crippen molar-refractivity contribution in [3.8, 4) is 17.1 Å². The highest BCUT2D eigenvalue weighted by Gasteiger charge is 2.28. The largest absolute Gasteiger partial charge is 0.496 e. The fourth-order valence-corrected chi connectivity index (χ4v) is 2.22. The van der Waals surface area contributed by atoms with Crippen molar-refractivity contribution in [1.29, 1.82) is 0 Å². The molecule has 1 fully saturated rings. The van der Waals surface area contributed by atoms with Crippen molar-refractivity contribution >= 4 is 12.4 Å². The summed E-state index contributed by atoms with van der Waals surface area (Å²) in [5.74, 6) is 1.70. The molecule has 0 spiro atoms. The number of para-hydroxylation sites is 1. The molecule has 2 N–H and O–H groups in total. The van der Waals surface area contributed by atoms with E-state index in [1.165, 1.54) is 0 Å². The van der Waals surface area contributed by atoms with Gasteiger partial charge in [-0.15, -0.1) is 12.4 Å². The maximum absolute atomic E-state index is 9.49. The van der Waals surface area contributed by atoms with Gasteiger partial charge in [0.1, 0.15) is 5.75 Å². The molecule has 108 valence electrons. The van der Waals surface area contributed by atoms with Gasteiger partial charge in [0.25, 0.3) is 0 Å². The first-order chi connectivity index (χ1) is 9.28. The third-order valence-electron chi connectivity index (χ3n) is 3.20. The molecule has 0 amide bonds. The van der Waals surface area contributed by atoms with Crippen molar-refractivity contribution < 1.29 is 14.4 Å². The Balaban J connectivity index is 0.00000147. The lowest BCUT2D eigenvalue weighted by Gasteiger charge is -2.03. The smallest absolute Gasteiger partial charge is 0.244 e. The van der Waals surface area contributed by atoms with Crippen LogP contribution in [0.4, 0.5) is 0 Å². The Labute approximate surface area is 122 Å². The Morgan fingerprint density at radius 2 is 2.20 bits per heavy atom. The third-order valence-corrected chi connectivity index (χ3v) is 3.20. The number of hydrogen-bond donors (Lipinski definition) is 2. The molecule has 1 aromatic heterocycles. The number of halogens is 1. The zero-order chi connectivity index (χ0) is 13.2. The Morgan fingerprint density at radius 1 is 1.40 bits per heavy atom. The molecule has 0 bridgehead atoms. The molecular formula is C13H16ClN3O3. The van der Waals surface area contributed by atoms with Gasteiger partial charge in [0, 0.05) is 6.54 Å². The molecule has 0 unspecified atom stereocenters. The lowest BCUT2D eigenvalue weighted by molar-refractivity contribution is 0.191. The summed E-state index contributed by atoms with van der Waals surface area (Å²) in [6.07, 6.45) is 0.236. The number of nitrogens with one attached hydrogen (secondary N) is 1. The second-order valence-electron chi connectivity index (χ2n) is 4.51. The Kier molecular flexibility index (Phi) is 4.59. The fourth-order valence-electron chi connectivity index (χ4n) is 2.22. The van der Waals surface area contributed by atoms with Gasteiger partial charge >= 0.3 is 0 Å². The summed E-state index contributed by atoms with van der Waals surface area (Å²) < 4.78 is 10.5. The van der Waals surface area contributed by atoms with Crippen LogP contribution in [0.1, 0.15) is 18.4 Å². The van der Waals surface area contributed by atoms with Gasteiger partial charge in [-0.05, 0) is 18.6 Å². The molecule has 1 aliphatic rings. The highest BCUT2D eigenvalue weighted by molar-refractivity contribution is 5.85. The molecule has 0 aliphatic carbocycles. The summed E-state index contributed by atoms with van der Waals surface area (Å²) in [5.41, 5.74) is 0.790. The van der Waals surface area contributed by atoms with Crippen molar-refractivity contribution in [3.05, 3.63) is 30.2 Å². The molecule has 7 heteroatoms. The van der Waals surface area contributed by atoms with Gasteiger partial charge in [0.05, 0.1) is 24.8 Å². The van der Waals surface area contributed by atoms with E-state index in [1.807, 2.05) is 24.3 Å². The first-order valence-corrected chi connectivity index (χ1v) is 6.16. The molecule has 2 aromatic rings. The van der Waals surface area contributed by atoms with Crippen molar-refractivity contribution in [1.82, 2.24) is 15.5 Å². The molecular weight excluding hydrogens is 282 g/mol. The number of β-amino-alcohol motifs (C(OH)–C–C–N with tert-alkyl or cyclic N) is 1. The Bertz CT molecular complexity index is 575.